The minimum atomic E-state index is -1.13. The monoisotopic (exact) mass is 160 g/mol. The molecule has 64 valence electrons. The van der Waals surface area contributed by atoms with Crippen molar-refractivity contribution in [2.45, 2.75) is 24.4 Å². The molecule has 1 aliphatic rings. The van der Waals surface area contributed by atoms with Crippen molar-refractivity contribution in [2.24, 2.45) is 0 Å². The van der Waals surface area contributed by atoms with E-state index in [4.69, 9.17) is 14.9 Å². The van der Waals surface area contributed by atoms with E-state index in [1.807, 2.05) is 0 Å². The van der Waals surface area contributed by atoms with Crippen molar-refractivity contribution >= 4 is 0 Å². The van der Waals surface area contributed by atoms with E-state index in [0.29, 0.717) is 0 Å². The van der Waals surface area contributed by atoms with Gasteiger partial charge in [0.25, 0.3) is 0 Å². The largest absolute Gasteiger partial charge is 0.388 e. The van der Waals surface area contributed by atoms with Crippen molar-refractivity contribution in [2.75, 3.05) is 6.61 Å². The normalized spacial score (nSPS) is 45.4. The van der Waals surface area contributed by atoms with Gasteiger partial charge in [-0.1, -0.05) is 6.08 Å². The van der Waals surface area contributed by atoms with Gasteiger partial charge in [-0.15, -0.1) is 6.58 Å². The molecule has 1 heterocycles. The Labute approximate surface area is 64.7 Å². The molecule has 0 aromatic rings. The third-order valence-corrected chi connectivity index (χ3v) is 1.77. The van der Waals surface area contributed by atoms with Gasteiger partial charge >= 0.3 is 0 Å². The fraction of sp³-hybridized carbons (Fsp3) is 0.714. The van der Waals surface area contributed by atoms with Crippen LogP contribution in [0.25, 0.3) is 0 Å². The number of ether oxygens (including phenoxy) is 1. The molecule has 1 rings (SSSR count). The van der Waals surface area contributed by atoms with E-state index in [2.05, 4.69) is 6.58 Å². The van der Waals surface area contributed by atoms with E-state index >= 15 is 0 Å². The quantitative estimate of drug-likeness (QED) is 0.415. The third-order valence-electron chi connectivity index (χ3n) is 1.77. The Kier molecular flexibility index (Phi) is 2.62. The molecule has 1 fully saturated rings. The molecule has 0 saturated carbocycles. The van der Waals surface area contributed by atoms with E-state index in [9.17, 15) is 5.11 Å². The standard InChI is InChI=1S/C7H12O4/c1-2-5-7(10)6(9)4(8)3-11-5/h2,4-10H,1,3H2. The van der Waals surface area contributed by atoms with Gasteiger partial charge < -0.3 is 20.1 Å². The van der Waals surface area contributed by atoms with E-state index in [1.54, 1.807) is 0 Å². The molecule has 4 unspecified atom stereocenters. The first-order chi connectivity index (χ1) is 5.16. The van der Waals surface area contributed by atoms with Crippen molar-refractivity contribution in [1.82, 2.24) is 0 Å². The van der Waals surface area contributed by atoms with Crippen LogP contribution in [0.15, 0.2) is 12.7 Å². The molecule has 11 heavy (non-hydrogen) atoms. The van der Waals surface area contributed by atoms with Crippen LogP contribution in [-0.2, 0) is 4.74 Å². The lowest BCUT2D eigenvalue weighted by Crippen LogP contribution is -2.52. The minimum Gasteiger partial charge on any atom is -0.388 e. The van der Waals surface area contributed by atoms with Crippen LogP contribution in [0.1, 0.15) is 0 Å². The lowest BCUT2D eigenvalue weighted by molar-refractivity contribution is -0.173. The topological polar surface area (TPSA) is 69.9 Å². The summed E-state index contributed by atoms with van der Waals surface area (Å²) in [5.41, 5.74) is 0. The molecule has 1 saturated heterocycles. The maximum absolute atomic E-state index is 9.20. The Morgan fingerprint density at radius 2 is 1.91 bits per heavy atom. The molecule has 0 amide bonds. The molecule has 0 bridgehead atoms. The van der Waals surface area contributed by atoms with Gasteiger partial charge in [0.15, 0.2) is 0 Å². The second kappa shape index (κ2) is 3.32. The molecule has 0 radical (unpaired) electrons. The zero-order valence-corrected chi connectivity index (χ0v) is 6.05. The molecule has 3 N–H and O–H groups in total. The van der Waals surface area contributed by atoms with Crippen LogP contribution in [0.5, 0.6) is 0 Å². The summed E-state index contributed by atoms with van der Waals surface area (Å²) in [5.74, 6) is 0. The molecule has 4 heteroatoms. The second-order valence-corrected chi connectivity index (χ2v) is 2.58. The lowest BCUT2D eigenvalue weighted by atomic mass is 10.0. The first-order valence-electron chi connectivity index (χ1n) is 3.45. The highest BCUT2D eigenvalue weighted by molar-refractivity contribution is 4.95. The maximum atomic E-state index is 9.20. The van der Waals surface area contributed by atoms with Crippen LogP contribution in [0.3, 0.4) is 0 Å². The van der Waals surface area contributed by atoms with Crippen LogP contribution in [-0.4, -0.2) is 46.3 Å². The summed E-state index contributed by atoms with van der Waals surface area (Å²) >= 11 is 0. The molecular weight excluding hydrogens is 148 g/mol. The zero-order chi connectivity index (χ0) is 8.43. The van der Waals surface area contributed by atoms with Crippen molar-refractivity contribution in [3.05, 3.63) is 12.7 Å². The van der Waals surface area contributed by atoms with Gasteiger partial charge in [-0.05, 0) is 0 Å². The van der Waals surface area contributed by atoms with Crippen molar-refractivity contribution in [3.63, 3.8) is 0 Å². The number of rotatable bonds is 1. The predicted molar refractivity (Wildman–Crippen MR) is 38.0 cm³/mol. The summed E-state index contributed by atoms with van der Waals surface area (Å²) in [7, 11) is 0. The third kappa shape index (κ3) is 1.59. The van der Waals surface area contributed by atoms with Crippen molar-refractivity contribution in [3.8, 4) is 0 Å². The molecule has 0 aromatic carbocycles. The fourth-order valence-corrected chi connectivity index (χ4v) is 1.04. The Hall–Kier alpha value is -0.420. The van der Waals surface area contributed by atoms with Gasteiger partial charge in [0.2, 0.25) is 0 Å². The van der Waals surface area contributed by atoms with E-state index in [-0.39, 0.29) is 6.61 Å². The Balaban J connectivity index is 2.58. The molecule has 0 aromatic heterocycles. The molecule has 0 spiro atoms. The van der Waals surface area contributed by atoms with Gasteiger partial charge in [-0.2, -0.15) is 0 Å². The summed E-state index contributed by atoms with van der Waals surface area (Å²) in [6, 6.07) is 0. The summed E-state index contributed by atoms with van der Waals surface area (Å²) in [6.45, 7) is 3.45. The highest BCUT2D eigenvalue weighted by atomic mass is 16.5. The van der Waals surface area contributed by atoms with Crippen LogP contribution >= 0.6 is 0 Å². The molecule has 4 nitrogen and oxygen atoms in total. The van der Waals surface area contributed by atoms with E-state index < -0.39 is 24.4 Å². The van der Waals surface area contributed by atoms with Gasteiger partial charge in [-0.3, -0.25) is 0 Å². The fourth-order valence-electron chi connectivity index (χ4n) is 1.04. The summed E-state index contributed by atoms with van der Waals surface area (Å²) in [6.07, 6.45) is -2.38. The van der Waals surface area contributed by atoms with Crippen LogP contribution < -0.4 is 0 Å². The Bertz CT molecular complexity index is 147. The smallest absolute Gasteiger partial charge is 0.112 e. The average molecular weight is 160 g/mol. The van der Waals surface area contributed by atoms with Crippen LogP contribution in [0.4, 0.5) is 0 Å². The first-order valence-corrected chi connectivity index (χ1v) is 3.45. The average Bonchev–Trinajstić information content (AvgIpc) is 2.01. The van der Waals surface area contributed by atoms with Gasteiger partial charge in [-0.25, -0.2) is 0 Å². The Morgan fingerprint density at radius 1 is 1.27 bits per heavy atom. The predicted octanol–water partition coefficient (Wildman–Crippen LogP) is -1.35. The maximum Gasteiger partial charge on any atom is 0.112 e. The number of hydrogen-bond donors (Lipinski definition) is 3. The van der Waals surface area contributed by atoms with Crippen molar-refractivity contribution in [1.29, 1.82) is 0 Å². The minimum absolute atomic E-state index is 0.0366. The lowest BCUT2D eigenvalue weighted by Gasteiger charge is -2.33. The van der Waals surface area contributed by atoms with Crippen molar-refractivity contribution < 1.29 is 20.1 Å². The van der Waals surface area contributed by atoms with Crippen LogP contribution in [0.2, 0.25) is 0 Å². The second-order valence-electron chi connectivity index (χ2n) is 2.58. The van der Waals surface area contributed by atoms with Crippen LogP contribution in [0, 0.1) is 0 Å². The summed E-state index contributed by atoms with van der Waals surface area (Å²) < 4.78 is 4.94. The van der Waals surface area contributed by atoms with Gasteiger partial charge in [0.05, 0.1) is 6.61 Å². The van der Waals surface area contributed by atoms with E-state index in [0.717, 1.165) is 0 Å². The number of aliphatic hydroxyl groups excluding tert-OH is 3. The highest BCUT2D eigenvalue weighted by Gasteiger charge is 2.35. The summed E-state index contributed by atoms with van der Waals surface area (Å²) in [5, 5.41) is 27.3. The van der Waals surface area contributed by atoms with Gasteiger partial charge in [0.1, 0.15) is 24.4 Å². The SMILES string of the molecule is C=CC1OCC(O)C(O)C1O. The first kappa shape index (κ1) is 8.67. The van der Waals surface area contributed by atoms with E-state index in [1.165, 1.54) is 6.08 Å². The molecular formula is C7H12O4. The number of aliphatic hydroxyl groups is 3. The Morgan fingerprint density at radius 3 is 2.45 bits per heavy atom. The molecule has 0 aliphatic carbocycles. The zero-order valence-electron chi connectivity index (χ0n) is 6.05. The highest BCUT2D eigenvalue weighted by Crippen LogP contribution is 2.15. The molecule has 4 atom stereocenters. The van der Waals surface area contributed by atoms with Gasteiger partial charge in [0, 0.05) is 0 Å². The summed E-state index contributed by atoms with van der Waals surface area (Å²) in [4.78, 5) is 0. The number of hydrogen-bond acceptors (Lipinski definition) is 4. The molecule has 1 aliphatic heterocycles.